The molecule has 20 heavy (non-hydrogen) atoms. The van der Waals surface area contributed by atoms with Crippen LogP contribution in [0, 0.1) is 0 Å². The standard InChI is InChI=1S/C18H39Si.K/c1-4-7-10-13-16-19(17-14-11-8-5-2)18-15-12-9-6-3;/h4-18H2,1-3H3;/q-1;+1. The molecule has 0 aromatic rings. The van der Waals surface area contributed by atoms with E-state index < -0.39 is 0 Å². The predicted octanol–water partition coefficient (Wildman–Crippen LogP) is 4.23. The summed E-state index contributed by atoms with van der Waals surface area (Å²) in [4.78, 5) is 0. The molecule has 0 aromatic heterocycles. The maximum atomic E-state index is 2.32. The summed E-state index contributed by atoms with van der Waals surface area (Å²) in [6, 6.07) is 4.84. The first-order valence-corrected chi connectivity index (χ1v) is 11.3. The van der Waals surface area contributed by atoms with Gasteiger partial charge in [-0.05, 0) is 0 Å². The molecule has 0 unspecified atom stereocenters. The number of unbranched alkanes of at least 4 members (excludes halogenated alkanes) is 9. The molecule has 0 aliphatic carbocycles. The minimum atomic E-state index is 0. The molecule has 116 valence electrons. The molecule has 0 N–H and O–H groups in total. The average molecular weight is 323 g/mol. The zero-order valence-corrected chi connectivity index (χ0v) is 19.2. The molecule has 0 bridgehead atoms. The maximum Gasteiger partial charge on any atom is 1.00 e. The second kappa shape index (κ2) is 20.9. The summed E-state index contributed by atoms with van der Waals surface area (Å²) in [7, 11) is 0.0139. The van der Waals surface area contributed by atoms with Gasteiger partial charge in [0.1, 0.15) is 0 Å². The van der Waals surface area contributed by atoms with Crippen molar-refractivity contribution in [2.24, 2.45) is 0 Å². The minimum Gasteiger partial charge on any atom is -0.260 e. The molecule has 0 aromatic carbocycles. The van der Waals surface area contributed by atoms with E-state index in [1.807, 2.05) is 0 Å². The maximum absolute atomic E-state index is 2.32. The van der Waals surface area contributed by atoms with Crippen LogP contribution in [0.4, 0.5) is 0 Å². The fourth-order valence-electron chi connectivity index (χ4n) is 2.78. The molecule has 0 atom stereocenters. The van der Waals surface area contributed by atoms with Crippen LogP contribution in [0.2, 0.25) is 18.1 Å². The summed E-state index contributed by atoms with van der Waals surface area (Å²) < 4.78 is 0. The normalized spacial score (nSPS) is 10.8. The van der Waals surface area contributed by atoms with Crippen LogP contribution in [0.25, 0.3) is 0 Å². The fraction of sp³-hybridized carbons (Fsp3) is 1.00. The Morgan fingerprint density at radius 1 is 0.450 bits per heavy atom. The van der Waals surface area contributed by atoms with Crippen molar-refractivity contribution in [2.75, 3.05) is 0 Å². The van der Waals surface area contributed by atoms with Crippen LogP contribution in [0.5, 0.6) is 0 Å². The van der Waals surface area contributed by atoms with Gasteiger partial charge in [-0.2, -0.15) is 18.1 Å². The van der Waals surface area contributed by atoms with Crippen molar-refractivity contribution >= 4 is 8.80 Å². The quantitative estimate of drug-likeness (QED) is 0.313. The van der Waals surface area contributed by atoms with Gasteiger partial charge >= 0.3 is 51.4 Å². The van der Waals surface area contributed by atoms with Crippen molar-refractivity contribution in [3.8, 4) is 0 Å². The van der Waals surface area contributed by atoms with E-state index in [9.17, 15) is 0 Å². The average Bonchev–Trinajstić information content (AvgIpc) is 2.43. The topological polar surface area (TPSA) is 0 Å². The predicted molar refractivity (Wildman–Crippen MR) is 92.6 cm³/mol. The summed E-state index contributed by atoms with van der Waals surface area (Å²) >= 11 is 0. The van der Waals surface area contributed by atoms with Crippen LogP contribution in [-0.2, 0) is 0 Å². The molecular weight excluding hydrogens is 283 g/mol. The smallest absolute Gasteiger partial charge is 0.260 e. The molecule has 0 amide bonds. The SMILES string of the molecule is CCCCCC[Si-](CCCCCC)CCCCCC.[K+]. The van der Waals surface area contributed by atoms with Gasteiger partial charge in [-0.25, -0.2) is 0 Å². The molecule has 0 radical (unpaired) electrons. The van der Waals surface area contributed by atoms with Crippen LogP contribution in [0.1, 0.15) is 97.8 Å². The molecule has 0 saturated carbocycles. The molecule has 0 saturated heterocycles. The molecular formula is C18H39KSi. The largest absolute Gasteiger partial charge is 1.00 e. The Balaban J connectivity index is 0. The van der Waals surface area contributed by atoms with Crippen molar-refractivity contribution in [3.63, 3.8) is 0 Å². The van der Waals surface area contributed by atoms with Gasteiger partial charge in [0.2, 0.25) is 0 Å². The molecule has 0 aliphatic heterocycles. The zero-order valence-electron chi connectivity index (χ0n) is 15.1. The van der Waals surface area contributed by atoms with Gasteiger partial charge in [0.05, 0.1) is 0 Å². The fourth-order valence-corrected chi connectivity index (χ4v) is 5.78. The zero-order chi connectivity index (χ0) is 14.2. The van der Waals surface area contributed by atoms with Crippen LogP contribution >= 0.6 is 0 Å². The summed E-state index contributed by atoms with van der Waals surface area (Å²) in [6.07, 6.45) is 17.6. The molecule has 0 nitrogen and oxygen atoms in total. The third-order valence-electron chi connectivity index (χ3n) is 4.15. The van der Waals surface area contributed by atoms with Gasteiger partial charge < -0.3 is 0 Å². The molecule has 0 rings (SSSR count). The second-order valence-corrected chi connectivity index (χ2v) is 9.18. The third-order valence-corrected chi connectivity index (χ3v) is 7.33. The molecule has 0 fully saturated rings. The van der Waals surface area contributed by atoms with E-state index in [-0.39, 0.29) is 60.2 Å². The van der Waals surface area contributed by atoms with Crippen molar-refractivity contribution < 1.29 is 51.4 Å². The van der Waals surface area contributed by atoms with Gasteiger partial charge in [0.15, 0.2) is 0 Å². The van der Waals surface area contributed by atoms with E-state index in [1.54, 1.807) is 18.1 Å². The van der Waals surface area contributed by atoms with Gasteiger partial charge in [-0.1, -0.05) is 97.8 Å². The van der Waals surface area contributed by atoms with E-state index in [1.165, 1.54) is 77.0 Å². The van der Waals surface area contributed by atoms with Crippen LogP contribution in [-0.4, -0.2) is 8.80 Å². The molecule has 0 spiro atoms. The Kier molecular flexibility index (Phi) is 25.1. The number of hydrogen-bond acceptors (Lipinski definition) is 0. The van der Waals surface area contributed by atoms with Gasteiger partial charge in [0.25, 0.3) is 0 Å². The Labute approximate surface area is 174 Å². The van der Waals surface area contributed by atoms with Gasteiger partial charge in [0, 0.05) is 0 Å². The van der Waals surface area contributed by atoms with E-state index in [4.69, 9.17) is 0 Å². The Bertz CT molecular complexity index is 133. The number of hydrogen-bond donors (Lipinski definition) is 0. The first-order valence-electron chi connectivity index (χ1n) is 9.18. The molecule has 2 heteroatoms. The van der Waals surface area contributed by atoms with Crippen molar-refractivity contribution in [2.45, 2.75) is 116 Å². The summed E-state index contributed by atoms with van der Waals surface area (Å²) in [6.45, 7) is 6.96. The van der Waals surface area contributed by atoms with Crippen molar-refractivity contribution in [3.05, 3.63) is 0 Å². The first kappa shape index (κ1) is 24.1. The molecule has 0 aliphatic rings. The monoisotopic (exact) mass is 322 g/mol. The van der Waals surface area contributed by atoms with Crippen molar-refractivity contribution in [1.29, 1.82) is 0 Å². The van der Waals surface area contributed by atoms with Gasteiger partial charge in [-0.3, -0.25) is 8.80 Å². The first-order chi connectivity index (χ1) is 9.35. The summed E-state index contributed by atoms with van der Waals surface area (Å²) in [5, 5.41) is 0. The van der Waals surface area contributed by atoms with Crippen molar-refractivity contribution in [1.82, 2.24) is 0 Å². The summed E-state index contributed by atoms with van der Waals surface area (Å²) in [5.41, 5.74) is 0. The Morgan fingerprint density at radius 2 is 0.750 bits per heavy atom. The minimum absolute atomic E-state index is 0. The van der Waals surface area contributed by atoms with Crippen LogP contribution < -0.4 is 51.4 Å². The van der Waals surface area contributed by atoms with E-state index in [2.05, 4.69) is 20.8 Å². The van der Waals surface area contributed by atoms with E-state index in [0.29, 0.717) is 0 Å². The van der Waals surface area contributed by atoms with E-state index >= 15 is 0 Å². The molecule has 0 heterocycles. The van der Waals surface area contributed by atoms with Gasteiger partial charge in [-0.15, -0.1) is 0 Å². The Hall–Kier alpha value is 1.85. The summed E-state index contributed by atoms with van der Waals surface area (Å²) in [5.74, 6) is 0. The van der Waals surface area contributed by atoms with Crippen LogP contribution in [0.15, 0.2) is 0 Å². The third kappa shape index (κ3) is 17.9. The number of rotatable bonds is 15. The van der Waals surface area contributed by atoms with E-state index in [0.717, 1.165) is 0 Å². The second-order valence-electron chi connectivity index (χ2n) is 6.18. The van der Waals surface area contributed by atoms with Crippen LogP contribution in [0.3, 0.4) is 0 Å². The Morgan fingerprint density at radius 3 is 1.00 bits per heavy atom.